The van der Waals surface area contributed by atoms with E-state index in [9.17, 15) is 5.11 Å². The average molecular weight is 264 g/mol. The Hall–Kier alpha value is -1.42. The van der Waals surface area contributed by atoms with Gasteiger partial charge in [-0.05, 0) is 37.3 Å². The molecule has 0 atom stereocenters. The molecule has 0 amide bonds. The van der Waals surface area contributed by atoms with Crippen LogP contribution in [0.25, 0.3) is 0 Å². The normalized spacial score (nSPS) is 16.6. The molecule has 1 fully saturated rings. The quantitative estimate of drug-likeness (QED) is 0.801. The third-order valence-corrected chi connectivity index (χ3v) is 3.70. The molecule has 4 heteroatoms. The van der Waals surface area contributed by atoms with Crippen LogP contribution in [0.4, 0.5) is 11.4 Å². The van der Waals surface area contributed by atoms with Crippen LogP contribution in [-0.2, 0) is 0 Å². The summed E-state index contributed by atoms with van der Waals surface area (Å²) in [5.74, 6) is 1.24. The Balaban J connectivity index is 2.04. The van der Waals surface area contributed by atoms with E-state index in [2.05, 4.69) is 11.8 Å². The second-order valence-electron chi connectivity index (χ2n) is 5.18. The third kappa shape index (κ3) is 3.53. The van der Waals surface area contributed by atoms with Crippen molar-refractivity contribution < 1.29 is 9.84 Å². The lowest BCUT2D eigenvalue weighted by Gasteiger charge is -2.33. The van der Waals surface area contributed by atoms with Gasteiger partial charge in [0, 0.05) is 31.5 Å². The number of aliphatic hydroxyl groups is 1. The van der Waals surface area contributed by atoms with Crippen LogP contribution in [0.2, 0.25) is 0 Å². The van der Waals surface area contributed by atoms with Gasteiger partial charge >= 0.3 is 0 Å². The first-order valence-electron chi connectivity index (χ1n) is 7.12. The van der Waals surface area contributed by atoms with Crippen molar-refractivity contribution >= 4 is 11.4 Å². The summed E-state index contributed by atoms with van der Waals surface area (Å²) in [4.78, 5) is 2.34. The van der Waals surface area contributed by atoms with E-state index in [1.165, 1.54) is 0 Å². The maximum atomic E-state index is 9.17. The minimum atomic E-state index is 0.306. The maximum absolute atomic E-state index is 9.17. The van der Waals surface area contributed by atoms with Crippen LogP contribution in [0.3, 0.4) is 0 Å². The molecule has 1 aliphatic rings. The van der Waals surface area contributed by atoms with E-state index in [1.54, 1.807) is 0 Å². The Morgan fingerprint density at radius 2 is 2.11 bits per heavy atom. The first kappa shape index (κ1) is 14.0. The standard InChI is InChI=1S/C15H24N2O2/c1-2-9-19-15-10-13(3-4-14(15)16)17-7-5-12(11-18)6-8-17/h3-4,10,12,18H,2,5-9,11,16H2,1H3. The molecule has 0 bridgehead atoms. The number of rotatable bonds is 5. The number of anilines is 2. The van der Waals surface area contributed by atoms with Crippen molar-refractivity contribution in [2.24, 2.45) is 5.92 Å². The smallest absolute Gasteiger partial charge is 0.144 e. The lowest BCUT2D eigenvalue weighted by molar-refractivity contribution is 0.203. The van der Waals surface area contributed by atoms with Crippen LogP contribution in [-0.4, -0.2) is 31.4 Å². The van der Waals surface area contributed by atoms with Crippen molar-refractivity contribution in [2.45, 2.75) is 26.2 Å². The van der Waals surface area contributed by atoms with Gasteiger partial charge in [-0.25, -0.2) is 0 Å². The third-order valence-electron chi connectivity index (χ3n) is 3.70. The molecule has 2 rings (SSSR count). The summed E-state index contributed by atoms with van der Waals surface area (Å²) < 4.78 is 5.67. The summed E-state index contributed by atoms with van der Waals surface area (Å²) in [7, 11) is 0. The van der Waals surface area contributed by atoms with Crippen molar-refractivity contribution in [2.75, 3.05) is 36.9 Å². The van der Waals surface area contributed by atoms with Gasteiger partial charge in [-0.2, -0.15) is 0 Å². The van der Waals surface area contributed by atoms with Gasteiger partial charge in [-0.3, -0.25) is 0 Å². The Morgan fingerprint density at radius 1 is 1.37 bits per heavy atom. The molecule has 0 saturated carbocycles. The van der Waals surface area contributed by atoms with E-state index < -0.39 is 0 Å². The monoisotopic (exact) mass is 264 g/mol. The molecule has 0 radical (unpaired) electrons. The van der Waals surface area contributed by atoms with E-state index >= 15 is 0 Å². The number of aliphatic hydroxyl groups excluding tert-OH is 1. The van der Waals surface area contributed by atoms with Gasteiger partial charge in [0.05, 0.1) is 12.3 Å². The molecule has 0 aromatic heterocycles. The number of nitrogens with zero attached hydrogens (tertiary/aromatic N) is 1. The van der Waals surface area contributed by atoms with E-state index in [0.29, 0.717) is 24.8 Å². The molecule has 0 unspecified atom stereocenters. The summed E-state index contributed by atoms with van der Waals surface area (Å²) in [6.45, 7) is 5.06. The molecule has 1 aromatic carbocycles. The maximum Gasteiger partial charge on any atom is 0.144 e. The Labute approximate surface area is 115 Å². The highest BCUT2D eigenvalue weighted by Crippen LogP contribution is 2.30. The highest BCUT2D eigenvalue weighted by molar-refractivity contribution is 5.62. The zero-order valence-electron chi connectivity index (χ0n) is 11.6. The molecule has 0 aliphatic carbocycles. The van der Waals surface area contributed by atoms with Crippen molar-refractivity contribution in [3.8, 4) is 5.75 Å². The van der Waals surface area contributed by atoms with E-state index in [4.69, 9.17) is 10.5 Å². The number of ether oxygens (including phenoxy) is 1. The van der Waals surface area contributed by atoms with Crippen LogP contribution in [0.15, 0.2) is 18.2 Å². The first-order chi connectivity index (χ1) is 9.24. The van der Waals surface area contributed by atoms with Crippen LogP contribution < -0.4 is 15.4 Å². The topological polar surface area (TPSA) is 58.7 Å². The van der Waals surface area contributed by atoms with Gasteiger partial charge in [0.15, 0.2) is 0 Å². The largest absolute Gasteiger partial charge is 0.491 e. The van der Waals surface area contributed by atoms with E-state index in [0.717, 1.165) is 43.8 Å². The minimum absolute atomic E-state index is 0.306. The molecule has 4 nitrogen and oxygen atoms in total. The molecule has 19 heavy (non-hydrogen) atoms. The van der Waals surface area contributed by atoms with E-state index in [1.807, 2.05) is 18.2 Å². The predicted octanol–water partition coefficient (Wildman–Crippen LogP) is 2.27. The summed E-state index contributed by atoms with van der Waals surface area (Å²) in [6, 6.07) is 6.00. The highest BCUT2D eigenvalue weighted by atomic mass is 16.5. The minimum Gasteiger partial charge on any atom is -0.491 e. The molecular formula is C15H24N2O2. The molecule has 0 spiro atoms. The first-order valence-corrected chi connectivity index (χ1v) is 7.12. The predicted molar refractivity (Wildman–Crippen MR) is 78.7 cm³/mol. The fraction of sp³-hybridized carbons (Fsp3) is 0.600. The van der Waals surface area contributed by atoms with Crippen molar-refractivity contribution in [1.82, 2.24) is 0 Å². The molecule has 1 aromatic rings. The average Bonchev–Trinajstić information content (AvgIpc) is 2.46. The van der Waals surface area contributed by atoms with Gasteiger partial charge in [-0.15, -0.1) is 0 Å². The second-order valence-corrected chi connectivity index (χ2v) is 5.18. The van der Waals surface area contributed by atoms with Crippen molar-refractivity contribution in [3.63, 3.8) is 0 Å². The zero-order chi connectivity index (χ0) is 13.7. The Bertz CT molecular complexity index is 401. The van der Waals surface area contributed by atoms with Crippen LogP contribution >= 0.6 is 0 Å². The molecule has 106 valence electrons. The summed E-state index contributed by atoms with van der Waals surface area (Å²) in [5.41, 5.74) is 7.79. The molecule has 1 saturated heterocycles. The second kappa shape index (κ2) is 6.66. The number of hydrogen-bond acceptors (Lipinski definition) is 4. The summed E-state index contributed by atoms with van der Waals surface area (Å²) in [5, 5.41) is 9.17. The Morgan fingerprint density at radius 3 is 2.74 bits per heavy atom. The Kier molecular flexibility index (Phi) is 4.91. The van der Waals surface area contributed by atoms with Gasteiger partial charge in [0.25, 0.3) is 0 Å². The molecule has 1 aliphatic heterocycles. The summed E-state index contributed by atoms with van der Waals surface area (Å²) in [6.07, 6.45) is 3.07. The van der Waals surface area contributed by atoms with Crippen molar-refractivity contribution in [1.29, 1.82) is 0 Å². The lowest BCUT2D eigenvalue weighted by Crippen LogP contribution is -2.34. The number of piperidine rings is 1. The zero-order valence-corrected chi connectivity index (χ0v) is 11.6. The molecule has 3 N–H and O–H groups in total. The van der Waals surface area contributed by atoms with E-state index in [-0.39, 0.29) is 0 Å². The van der Waals surface area contributed by atoms with Crippen molar-refractivity contribution in [3.05, 3.63) is 18.2 Å². The van der Waals surface area contributed by atoms with Gasteiger partial charge < -0.3 is 20.5 Å². The van der Waals surface area contributed by atoms with Crippen LogP contribution in [0.5, 0.6) is 5.75 Å². The van der Waals surface area contributed by atoms with Gasteiger partial charge in [0.2, 0.25) is 0 Å². The number of nitrogen functional groups attached to an aromatic ring is 1. The lowest BCUT2D eigenvalue weighted by atomic mass is 9.97. The number of hydrogen-bond donors (Lipinski definition) is 2. The fourth-order valence-corrected chi connectivity index (χ4v) is 2.43. The molecule has 1 heterocycles. The van der Waals surface area contributed by atoms with Gasteiger partial charge in [-0.1, -0.05) is 6.92 Å². The highest BCUT2D eigenvalue weighted by Gasteiger charge is 2.19. The van der Waals surface area contributed by atoms with Gasteiger partial charge in [0.1, 0.15) is 5.75 Å². The van der Waals surface area contributed by atoms with Crippen LogP contribution in [0.1, 0.15) is 26.2 Å². The fourth-order valence-electron chi connectivity index (χ4n) is 2.43. The summed E-state index contributed by atoms with van der Waals surface area (Å²) >= 11 is 0. The SMILES string of the molecule is CCCOc1cc(N2CCC(CO)CC2)ccc1N. The number of benzene rings is 1. The number of nitrogens with two attached hydrogens (primary N) is 1. The molecular weight excluding hydrogens is 240 g/mol. The van der Waals surface area contributed by atoms with Crippen LogP contribution in [0, 0.1) is 5.92 Å².